The van der Waals surface area contributed by atoms with Crippen LogP contribution in [0.15, 0.2) is 45.5 Å². The lowest BCUT2D eigenvalue weighted by Crippen LogP contribution is -1.95. The molecule has 84 valence electrons. The summed E-state index contributed by atoms with van der Waals surface area (Å²) >= 11 is 7.18. The Balaban J connectivity index is 2.14. The van der Waals surface area contributed by atoms with Crippen molar-refractivity contribution in [1.29, 1.82) is 0 Å². The van der Waals surface area contributed by atoms with E-state index in [9.17, 15) is 0 Å². The SMILES string of the molecule is Cc1occc1C(Br)Cc1cccc(Br)c1. The van der Waals surface area contributed by atoms with Gasteiger partial charge in [-0.15, -0.1) is 0 Å². The first-order chi connectivity index (χ1) is 7.66. The number of furan rings is 1. The highest BCUT2D eigenvalue weighted by atomic mass is 79.9. The van der Waals surface area contributed by atoms with Crippen LogP contribution in [0.2, 0.25) is 0 Å². The molecule has 0 aliphatic heterocycles. The Hall–Kier alpha value is -0.540. The van der Waals surface area contributed by atoms with Crippen molar-refractivity contribution < 1.29 is 4.42 Å². The predicted molar refractivity (Wildman–Crippen MR) is 73.0 cm³/mol. The van der Waals surface area contributed by atoms with Crippen molar-refractivity contribution in [3.8, 4) is 0 Å². The number of aryl methyl sites for hydroxylation is 1. The number of benzene rings is 1. The number of alkyl halides is 1. The van der Waals surface area contributed by atoms with Gasteiger partial charge in [-0.25, -0.2) is 0 Å². The average Bonchev–Trinajstić information content (AvgIpc) is 2.64. The maximum atomic E-state index is 5.31. The fourth-order valence-corrected chi connectivity index (χ4v) is 3.00. The minimum atomic E-state index is 0.306. The molecule has 0 saturated heterocycles. The molecule has 0 fully saturated rings. The zero-order chi connectivity index (χ0) is 11.5. The van der Waals surface area contributed by atoms with E-state index in [1.54, 1.807) is 6.26 Å². The Kier molecular flexibility index (Phi) is 3.87. The van der Waals surface area contributed by atoms with Gasteiger partial charge in [0.2, 0.25) is 0 Å². The third-order valence-electron chi connectivity index (χ3n) is 2.54. The Labute approximate surface area is 112 Å². The monoisotopic (exact) mass is 342 g/mol. The molecule has 0 saturated carbocycles. The number of rotatable bonds is 3. The molecule has 0 aliphatic carbocycles. The standard InChI is InChI=1S/C13H12Br2O/c1-9-12(5-6-16-9)13(15)8-10-3-2-4-11(14)7-10/h2-7,13H,8H2,1H3. The van der Waals surface area contributed by atoms with E-state index in [2.05, 4.69) is 50.1 Å². The molecular weight excluding hydrogens is 332 g/mol. The maximum Gasteiger partial charge on any atom is 0.105 e. The van der Waals surface area contributed by atoms with Crippen LogP contribution in [0.4, 0.5) is 0 Å². The van der Waals surface area contributed by atoms with Gasteiger partial charge in [0.05, 0.1) is 6.26 Å². The van der Waals surface area contributed by atoms with E-state index in [1.807, 2.05) is 19.1 Å². The van der Waals surface area contributed by atoms with Crippen LogP contribution in [0.3, 0.4) is 0 Å². The fourth-order valence-electron chi connectivity index (χ4n) is 1.70. The van der Waals surface area contributed by atoms with Crippen LogP contribution < -0.4 is 0 Å². The Morgan fingerprint density at radius 2 is 2.12 bits per heavy atom. The van der Waals surface area contributed by atoms with Gasteiger partial charge in [-0.05, 0) is 37.1 Å². The molecule has 2 aromatic rings. The first-order valence-corrected chi connectivity index (χ1v) is 6.80. The molecule has 1 nitrogen and oxygen atoms in total. The summed E-state index contributed by atoms with van der Waals surface area (Å²) in [6.07, 6.45) is 2.69. The summed E-state index contributed by atoms with van der Waals surface area (Å²) < 4.78 is 6.43. The first-order valence-electron chi connectivity index (χ1n) is 5.09. The van der Waals surface area contributed by atoms with Crippen molar-refractivity contribution in [3.63, 3.8) is 0 Å². The number of hydrogen-bond donors (Lipinski definition) is 0. The maximum absolute atomic E-state index is 5.31. The molecule has 0 radical (unpaired) electrons. The van der Waals surface area contributed by atoms with Crippen LogP contribution >= 0.6 is 31.9 Å². The second-order valence-electron chi connectivity index (χ2n) is 3.73. The van der Waals surface area contributed by atoms with Crippen LogP contribution in [-0.4, -0.2) is 0 Å². The van der Waals surface area contributed by atoms with E-state index in [4.69, 9.17) is 4.42 Å². The summed E-state index contributed by atoms with van der Waals surface area (Å²) in [7, 11) is 0. The Morgan fingerprint density at radius 1 is 1.31 bits per heavy atom. The molecule has 3 heteroatoms. The molecule has 2 rings (SSSR count). The van der Waals surface area contributed by atoms with Crippen molar-refractivity contribution in [2.24, 2.45) is 0 Å². The van der Waals surface area contributed by atoms with Crippen molar-refractivity contribution in [1.82, 2.24) is 0 Å². The first kappa shape index (κ1) is 11.9. The molecule has 1 heterocycles. The second kappa shape index (κ2) is 5.19. The van der Waals surface area contributed by atoms with E-state index in [1.165, 1.54) is 11.1 Å². The fraction of sp³-hybridized carbons (Fsp3) is 0.231. The van der Waals surface area contributed by atoms with E-state index in [-0.39, 0.29) is 0 Å². The quantitative estimate of drug-likeness (QED) is 0.712. The average molecular weight is 344 g/mol. The van der Waals surface area contributed by atoms with Gasteiger partial charge in [-0.1, -0.05) is 44.0 Å². The summed E-state index contributed by atoms with van der Waals surface area (Å²) in [5, 5.41) is 0. The van der Waals surface area contributed by atoms with Crippen LogP contribution in [0, 0.1) is 6.92 Å². The molecule has 1 unspecified atom stereocenters. The molecule has 0 amide bonds. The zero-order valence-electron chi connectivity index (χ0n) is 8.91. The topological polar surface area (TPSA) is 13.1 Å². The lowest BCUT2D eigenvalue weighted by Gasteiger charge is -2.09. The smallest absolute Gasteiger partial charge is 0.105 e. The molecule has 1 atom stereocenters. The molecule has 1 aromatic heterocycles. The normalized spacial score (nSPS) is 12.7. The minimum absolute atomic E-state index is 0.306. The summed E-state index contributed by atoms with van der Waals surface area (Å²) in [4.78, 5) is 0.306. The van der Waals surface area contributed by atoms with Gasteiger partial charge in [0, 0.05) is 14.9 Å². The lowest BCUT2D eigenvalue weighted by molar-refractivity contribution is 0.529. The van der Waals surface area contributed by atoms with Crippen molar-refractivity contribution in [2.75, 3.05) is 0 Å². The third kappa shape index (κ3) is 2.77. The highest BCUT2D eigenvalue weighted by molar-refractivity contribution is 9.10. The van der Waals surface area contributed by atoms with Crippen LogP contribution in [0.25, 0.3) is 0 Å². The lowest BCUT2D eigenvalue weighted by atomic mass is 10.1. The zero-order valence-corrected chi connectivity index (χ0v) is 12.1. The van der Waals surface area contributed by atoms with E-state index >= 15 is 0 Å². The van der Waals surface area contributed by atoms with Crippen molar-refractivity contribution in [2.45, 2.75) is 18.2 Å². The minimum Gasteiger partial charge on any atom is -0.469 e. The van der Waals surface area contributed by atoms with E-state index in [0.717, 1.165) is 16.7 Å². The van der Waals surface area contributed by atoms with Crippen molar-refractivity contribution in [3.05, 3.63) is 58.0 Å². The summed E-state index contributed by atoms with van der Waals surface area (Å²) in [6.45, 7) is 1.99. The van der Waals surface area contributed by atoms with Gasteiger partial charge in [0.25, 0.3) is 0 Å². The van der Waals surface area contributed by atoms with Crippen LogP contribution in [-0.2, 0) is 6.42 Å². The van der Waals surface area contributed by atoms with Gasteiger partial charge in [0.1, 0.15) is 5.76 Å². The van der Waals surface area contributed by atoms with E-state index in [0.29, 0.717) is 4.83 Å². The Morgan fingerprint density at radius 3 is 2.75 bits per heavy atom. The molecule has 0 aliphatic rings. The molecule has 0 bridgehead atoms. The van der Waals surface area contributed by atoms with Gasteiger partial charge in [-0.2, -0.15) is 0 Å². The largest absolute Gasteiger partial charge is 0.469 e. The predicted octanol–water partition coefficient (Wildman–Crippen LogP) is 5.03. The number of hydrogen-bond acceptors (Lipinski definition) is 1. The van der Waals surface area contributed by atoms with Crippen molar-refractivity contribution >= 4 is 31.9 Å². The van der Waals surface area contributed by atoms with E-state index < -0.39 is 0 Å². The van der Waals surface area contributed by atoms with Gasteiger partial charge in [-0.3, -0.25) is 0 Å². The summed E-state index contributed by atoms with van der Waals surface area (Å²) in [5.74, 6) is 0.983. The molecule has 0 spiro atoms. The van der Waals surface area contributed by atoms with Crippen LogP contribution in [0.1, 0.15) is 21.7 Å². The van der Waals surface area contributed by atoms with Crippen LogP contribution in [0.5, 0.6) is 0 Å². The molecule has 0 N–H and O–H groups in total. The molecule has 1 aromatic carbocycles. The highest BCUT2D eigenvalue weighted by Gasteiger charge is 2.13. The van der Waals surface area contributed by atoms with Gasteiger partial charge >= 0.3 is 0 Å². The third-order valence-corrected chi connectivity index (χ3v) is 3.85. The Bertz CT molecular complexity index is 476. The highest BCUT2D eigenvalue weighted by Crippen LogP contribution is 2.30. The summed E-state index contributed by atoms with van der Waals surface area (Å²) in [5.41, 5.74) is 2.52. The van der Waals surface area contributed by atoms with Gasteiger partial charge in [0.15, 0.2) is 0 Å². The molecule has 16 heavy (non-hydrogen) atoms. The second-order valence-corrected chi connectivity index (χ2v) is 5.75. The van der Waals surface area contributed by atoms with Gasteiger partial charge < -0.3 is 4.42 Å². The molecular formula is C13H12Br2O. The summed E-state index contributed by atoms with van der Waals surface area (Å²) in [6, 6.07) is 10.4. The number of halogens is 2.